The second kappa shape index (κ2) is 6.42. The van der Waals surface area contributed by atoms with Crippen LogP contribution >= 0.6 is 11.3 Å². The number of fused-ring (bicyclic) bond motifs is 2. The van der Waals surface area contributed by atoms with E-state index in [0.717, 1.165) is 42.7 Å². The third-order valence-electron chi connectivity index (χ3n) is 5.43. The van der Waals surface area contributed by atoms with Gasteiger partial charge in [-0.15, -0.1) is 11.3 Å². The first-order valence-corrected chi connectivity index (χ1v) is 9.24. The van der Waals surface area contributed by atoms with Gasteiger partial charge in [0.05, 0.1) is 5.69 Å². The summed E-state index contributed by atoms with van der Waals surface area (Å²) in [6.45, 7) is 0. The molecule has 8 heteroatoms. The van der Waals surface area contributed by atoms with Crippen molar-refractivity contribution in [2.45, 2.75) is 19.3 Å². The minimum Gasteiger partial charge on any atom is -0.550 e. The lowest BCUT2D eigenvalue weighted by Gasteiger charge is -2.30. The summed E-state index contributed by atoms with van der Waals surface area (Å²) >= 11 is 1.11. The highest BCUT2D eigenvalue weighted by Crippen LogP contribution is 2.52. The van der Waals surface area contributed by atoms with E-state index in [-0.39, 0.29) is 34.1 Å². The molecule has 1 amide bonds. The number of thiazole rings is 1. The molecule has 0 radical (unpaired) electrons. The van der Waals surface area contributed by atoms with Crippen LogP contribution < -0.4 is 10.4 Å². The molecule has 0 spiro atoms. The number of carboxylic acid groups (broad SMARTS) is 1. The number of aliphatic carboxylic acids is 1. The number of carbonyl (C=O) groups excluding carboxylic acids is 2. The van der Waals surface area contributed by atoms with Crippen molar-refractivity contribution in [2.24, 2.45) is 23.7 Å². The maximum Gasteiger partial charge on any atom is 0.230 e. The SMILES string of the molecule is O=C([O-])[C@H]1[C@H]2CC[C@@H](C2)[C@@H]1C(=O)Nc1nc(-c2ccc(F)cc2F)cs1. The van der Waals surface area contributed by atoms with Crippen molar-refractivity contribution in [3.8, 4) is 11.3 Å². The molecule has 1 N–H and O–H groups in total. The summed E-state index contributed by atoms with van der Waals surface area (Å²) < 4.78 is 26.9. The predicted molar refractivity (Wildman–Crippen MR) is 88.9 cm³/mol. The molecule has 0 aliphatic heterocycles. The lowest BCUT2D eigenvalue weighted by molar-refractivity contribution is -0.314. The molecular weight excluding hydrogens is 362 g/mol. The average molecular weight is 377 g/mol. The highest BCUT2D eigenvalue weighted by atomic mass is 32.1. The van der Waals surface area contributed by atoms with Crippen molar-refractivity contribution in [3.05, 3.63) is 35.2 Å². The molecule has 5 nitrogen and oxygen atoms in total. The summed E-state index contributed by atoms with van der Waals surface area (Å²) in [6, 6.07) is 3.19. The van der Waals surface area contributed by atoms with Gasteiger partial charge in [-0.25, -0.2) is 13.8 Å². The molecular formula is C18H15F2N2O3S-. The van der Waals surface area contributed by atoms with Crippen LogP contribution in [0.5, 0.6) is 0 Å². The molecule has 4 rings (SSSR count). The molecule has 2 bridgehead atoms. The van der Waals surface area contributed by atoms with Gasteiger partial charge in [0.1, 0.15) is 11.6 Å². The number of nitrogens with zero attached hydrogens (tertiary/aromatic N) is 1. The third kappa shape index (κ3) is 2.88. The van der Waals surface area contributed by atoms with E-state index in [1.165, 1.54) is 6.07 Å². The van der Waals surface area contributed by atoms with Gasteiger partial charge in [0, 0.05) is 34.8 Å². The van der Waals surface area contributed by atoms with Gasteiger partial charge >= 0.3 is 0 Å². The van der Waals surface area contributed by atoms with E-state index in [2.05, 4.69) is 10.3 Å². The Morgan fingerprint density at radius 3 is 2.62 bits per heavy atom. The highest BCUT2D eigenvalue weighted by Gasteiger charge is 2.51. The Labute approximate surface area is 152 Å². The monoisotopic (exact) mass is 377 g/mol. The van der Waals surface area contributed by atoms with Crippen LogP contribution in [0.15, 0.2) is 23.6 Å². The van der Waals surface area contributed by atoms with Gasteiger partial charge in [-0.1, -0.05) is 0 Å². The highest BCUT2D eigenvalue weighted by molar-refractivity contribution is 7.14. The quantitative estimate of drug-likeness (QED) is 0.887. The molecule has 136 valence electrons. The Morgan fingerprint density at radius 1 is 1.19 bits per heavy atom. The van der Waals surface area contributed by atoms with Gasteiger partial charge in [0.25, 0.3) is 0 Å². The molecule has 1 aromatic heterocycles. The second-order valence-electron chi connectivity index (χ2n) is 6.86. The smallest absolute Gasteiger partial charge is 0.230 e. The van der Waals surface area contributed by atoms with Gasteiger partial charge in [-0.05, 0) is 43.2 Å². The standard InChI is InChI=1S/C18H16F2N2O3S/c19-10-3-4-11(12(20)6-10)13-7-26-18(21-13)22-16(23)14-8-1-2-9(5-8)15(14)17(24)25/h3-4,6-9,14-15H,1-2,5H2,(H,24,25)(H,21,22,23)/p-1/t8-,9-,14-,15-/m0/s1. The fraction of sp³-hybridized carbons (Fsp3) is 0.389. The first kappa shape index (κ1) is 17.1. The molecule has 2 saturated carbocycles. The molecule has 0 unspecified atom stereocenters. The van der Waals surface area contributed by atoms with E-state index < -0.39 is 29.4 Å². The molecule has 4 atom stereocenters. The lowest BCUT2D eigenvalue weighted by Crippen LogP contribution is -2.43. The number of aromatic nitrogens is 1. The Morgan fingerprint density at radius 2 is 1.92 bits per heavy atom. The van der Waals surface area contributed by atoms with E-state index in [9.17, 15) is 23.5 Å². The average Bonchev–Trinajstić information content (AvgIpc) is 3.29. The van der Waals surface area contributed by atoms with Crippen LogP contribution in [0.2, 0.25) is 0 Å². The number of anilines is 1. The second-order valence-corrected chi connectivity index (χ2v) is 7.71. The molecule has 2 aliphatic carbocycles. The van der Waals surface area contributed by atoms with Crippen LogP contribution in [0.25, 0.3) is 11.3 Å². The van der Waals surface area contributed by atoms with Gasteiger partial charge in [0.15, 0.2) is 5.13 Å². The van der Waals surface area contributed by atoms with Crippen molar-refractivity contribution >= 4 is 28.3 Å². The van der Waals surface area contributed by atoms with E-state index in [4.69, 9.17) is 0 Å². The minimum atomic E-state index is -1.18. The number of nitrogens with one attached hydrogen (secondary N) is 1. The third-order valence-corrected chi connectivity index (χ3v) is 6.19. The van der Waals surface area contributed by atoms with Gasteiger partial charge < -0.3 is 15.2 Å². The van der Waals surface area contributed by atoms with Gasteiger partial charge in [-0.3, -0.25) is 4.79 Å². The lowest BCUT2D eigenvalue weighted by atomic mass is 9.79. The number of carbonyl (C=O) groups is 2. The Bertz CT molecular complexity index is 885. The normalized spacial score (nSPS) is 26.8. The molecule has 2 aliphatic rings. The van der Waals surface area contributed by atoms with Crippen molar-refractivity contribution in [1.29, 1.82) is 0 Å². The number of rotatable bonds is 4. The largest absolute Gasteiger partial charge is 0.550 e. The molecule has 2 fully saturated rings. The Hall–Kier alpha value is -2.35. The zero-order chi connectivity index (χ0) is 18.4. The van der Waals surface area contributed by atoms with E-state index >= 15 is 0 Å². The minimum absolute atomic E-state index is 0.000849. The summed E-state index contributed by atoms with van der Waals surface area (Å²) in [6.07, 6.45) is 2.40. The van der Waals surface area contributed by atoms with E-state index in [1.807, 2.05) is 0 Å². The number of hydrogen-bond donors (Lipinski definition) is 1. The molecule has 1 heterocycles. The summed E-state index contributed by atoms with van der Waals surface area (Å²) in [4.78, 5) is 28.2. The molecule has 0 saturated heterocycles. The maximum atomic E-state index is 13.9. The van der Waals surface area contributed by atoms with E-state index in [0.29, 0.717) is 0 Å². The summed E-state index contributed by atoms with van der Waals surface area (Å²) in [5, 5.41) is 15.9. The van der Waals surface area contributed by atoms with Crippen molar-refractivity contribution < 1.29 is 23.5 Å². The van der Waals surface area contributed by atoms with Crippen LogP contribution in [-0.4, -0.2) is 16.9 Å². The Kier molecular flexibility index (Phi) is 4.22. The maximum absolute atomic E-state index is 13.9. The fourth-order valence-corrected chi connectivity index (χ4v) is 5.06. The van der Waals surface area contributed by atoms with Crippen LogP contribution in [0, 0.1) is 35.3 Å². The first-order chi connectivity index (χ1) is 12.4. The number of carboxylic acids is 1. The van der Waals surface area contributed by atoms with Crippen LogP contribution in [0.4, 0.5) is 13.9 Å². The zero-order valence-corrected chi connectivity index (χ0v) is 14.4. The first-order valence-electron chi connectivity index (χ1n) is 8.36. The van der Waals surface area contributed by atoms with E-state index in [1.54, 1.807) is 5.38 Å². The number of benzene rings is 1. The summed E-state index contributed by atoms with van der Waals surface area (Å²) in [5.41, 5.74) is 0.419. The van der Waals surface area contributed by atoms with Crippen LogP contribution in [0.1, 0.15) is 19.3 Å². The van der Waals surface area contributed by atoms with Crippen molar-refractivity contribution in [3.63, 3.8) is 0 Å². The predicted octanol–water partition coefficient (Wildman–Crippen LogP) is 2.44. The zero-order valence-electron chi connectivity index (χ0n) is 13.6. The summed E-state index contributed by atoms with van der Waals surface area (Å²) in [5.74, 6) is -4.30. The van der Waals surface area contributed by atoms with Crippen molar-refractivity contribution in [1.82, 2.24) is 4.98 Å². The summed E-state index contributed by atoms with van der Waals surface area (Å²) in [7, 11) is 0. The topological polar surface area (TPSA) is 82.1 Å². The van der Waals surface area contributed by atoms with Gasteiger partial charge in [0.2, 0.25) is 5.91 Å². The number of amides is 1. The van der Waals surface area contributed by atoms with Crippen molar-refractivity contribution in [2.75, 3.05) is 5.32 Å². The number of hydrogen-bond acceptors (Lipinski definition) is 5. The van der Waals surface area contributed by atoms with Crippen LogP contribution in [-0.2, 0) is 9.59 Å². The van der Waals surface area contributed by atoms with Crippen LogP contribution in [0.3, 0.4) is 0 Å². The fourth-order valence-electron chi connectivity index (χ4n) is 4.35. The molecule has 26 heavy (non-hydrogen) atoms. The Balaban J connectivity index is 1.52. The van der Waals surface area contributed by atoms with Gasteiger partial charge in [-0.2, -0.15) is 0 Å². The molecule has 2 aromatic rings. The number of halogens is 2. The molecule has 1 aromatic carbocycles.